The molecule has 3 rings (SSSR count). The number of pyridine rings is 1. The van der Waals surface area contributed by atoms with Crippen molar-refractivity contribution in [1.82, 2.24) is 10.3 Å². The van der Waals surface area contributed by atoms with E-state index in [1.807, 2.05) is 31.2 Å². The molecule has 1 aliphatic heterocycles. The van der Waals surface area contributed by atoms with Crippen LogP contribution >= 0.6 is 11.6 Å². The summed E-state index contributed by atoms with van der Waals surface area (Å²) in [5.74, 6) is 0.564. The van der Waals surface area contributed by atoms with Crippen LogP contribution in [-0.4, -0.2) is 37.2 Å². The Balaban J connectivity index is 1.77. The molecule has 1 atom stereocenters. The van der Waals surface area contributed by atoms with Crippen LogP contribution in [0.4, 0.5) is 5.82 Å². The van der Waals surface area contributed by atoms with Gasteiger partial charge in [0.2, 0.25) is 0 Å². The summed E-state index contributed by atoms with van der Waals surface area (Å²) in [5.41, 5.74) is 1.54. The Morgan fingerprint density at radius 1 is 1.29 bits per heavy atom. The molecule has 1 aliphatic rings. The highest BCUT2D eigenvalue weighted by Crippen LogP contribution is 2.21. The van der Waals surface area contributed by atoms with E-state index in [4.69, 9.17) is 16.3 Å². The zero-order valence-corrected chi connectivity index (χ0v) is 14.3. The number of carbonyl (C=O) groups is 1. The average molecular weight is 346 g/mol. The fraction of sp³-hybridized carbons (Fsp3) is 0.333. The molecule has 0 bridgehead atoms. The van der Waals surface area contributed by atoms with Crippen molar-refractivity contribution in [1.29, 1.82) is 0 Å². The van der Waals surface area contributed by atoms with Crippen LogP contribution in [0.3, 0.4) is 0 Å². The molecule has 1 N–H and O–H groups in total. The van der Waals surface area contributed by atoms with Crippen molar-refractivity contribution < 1.29 is 9.53 Å². The monoisotopic (exact) mass is 345 g/mol. The predicted molar refractivity (Wildman–Crippen MR) is 94.6 cm³/mol. The Kier molecular flexibility index (Phi) is 5.33. The molecule has 1 amide bonds. The van der Waals surface area contributed by atoms with Crippen molar-refractivity contribution in [2.45, 2.75) is 13.0 Å². The van der Waals surface area contributed by atoms with E-state index in [0.29, 0.717) is 29.6 Å². The Bertz CT molecular complexity index is 717. The third kappa shape index (κ3) is 3.86. The molecular weight excluding hydrogens is 326 g/mol. The number of rotatable bonds is 4. The van der Waals surface area contributed by atoms with Crippen LogP contribution in [0.25, 0.3) is 0 Å². The van der Waals surface area contributed by atoms with E-state index in [2.05, 4.69) is 15.2 Å². The summed E-state index contributed by atoms with van der Waals surface area (Å²) in [6.45, 7) is 4.71. The highest BCUT2D eigenvalue weighted by atomic mass is 35.5. The Labute approximate surface area is 146 Å². The van der Waals surface area contributed by atoms with Crippen molar-refractivity contribution >= 4 is 23.3 Å². The van der Waals surface area contributed by atoms with E-state index in [-0.39, 0.29) is 11.9 Å². The van der Waals surface area contributed by atoms with Crippen LogP contribution < -0.4 is 10.2 Å². The number of nitrogens with zero attached hydrogens (tertiary/aromatic N) is 2. The van der Waals surface area contributed by atoms with Gasteiger partial charge >= 0.3 is 0 Å². The Hall–Kier alpha value is -2.11. The lowest BCUT2D eigenvalue weighted by molar-refractivity contribution is 0.0938. The lowest BCUT2D eigenvalue weighted by atomic mass is 10.1. The summed E-state index contributed by atoms with van der Waals surface area (Å²) in [6, 6.07) is 10.9. The molecule has 2 heterocycles. The predicted octanol–water partition coefficient (Wildman–Crippen LogP) is 3.06. The molecule has 0 saturated carbocycles. The number of hydrogen-bond acceptors (Lipinski definition) is 4. The maximum Gasteiger partial charge on any atom is 0.255 e. The van der Waals surface area contributed by atoms with Gasteiger partial charge in [0.15, 0.2) is 0 Å². The fourth-order valence-corrected chi connectivity index (χ4v) is 2.93. The van der Waals surface area contributed by atoms with E-state index in [1.54, 1.807) is 18.3 Å². The van der Waals surface area contributed by atoms with Gasteiger partial charge in [-0.05, 0) is 36.8 Å². The van der Waals surface area contributed by atoms with Crippen LogP contribution in [0.2, 0.25) is 5.02 Å². The van der Waals surface area contributed by atoms with E-state index in [9.17, 15) is 4.79 Å². The van der Waals surface area contributed by atoms with Gasteiger partial charge in [0.25, 0.3) is 5.91 Å². The summed E-state index contributed by atoms with van der Waals surface area (Å²) in [6.07, 6.45) is 1.71. The molecule has 1 fully saturated rings. The van der Waals surface area contributed by atoms with E-state index < -0.39 is 0 Å². The standard InChI is InChI=1S/C18H20ClN3O2/c1-13(14-4-2-5-15(19)12-14)21-18(23)16-6-3-7-20-17(16)22-8-10-24-11-9-22/h2-7,12-13H,8-11H2,1H3,(H,21,23). The first-order valence-electron chi connectivity index (χ1n) is 7.99. The molecule has 126 valence electrons. The van der Waals surface area contributed by atoms with Crippen LogP contribution in [0, 0.1) is 0 Å². The second-order valence-corrected chi connectivity index (χ2v) is 6.16. The highest BCUT2D eigenvalue weighted by molar-refractivity contribution is 6.30. The van der Waals surface area contributed by atoms with Crippen LogP contribution in [0.1, 0.15) is 28.9 Å². The lowest BCUT2D eigenvalue weighted by Gasteiger charge is -2.29. The third-order valence-corrected chi connectivity index (χ3v) is 4.27. The third-order valence-electron chi connectivity index (χ3n) is 4.04. The van der Waals surface area contributed by atoms with E-state index >= 15 is 0 Å². The van der Waals surface area contributed by atoms with Gasteiger partial charge in [-0.15, -0.1) is 0 Å². The summed E-state index contributed by atoms with van der Waals surface area (Å²) >= 11 is 6.03. The molecule has 1 aromatic carbocycles. The van der Waals surface area contributed by atoms with Gasteiger partial charge in [-0.2, -0.15) is 0 Å². The van der Waals surface area contributed by atoms with Crippen molar-refractivity contribution in [2.24, 2.45) is 0 Å². The van der Waals surface area contributed by atoms with E-state index in [1.165, 1.54) is 0 Å². The Morgan fingerprint density at radius 3 is 2.83 bits per heavy atom. The maximum atomic E-state index is 12.7. The second-order valence-electron chi connectivity index (χ2n) is 5.72. The summed E-state index contributed by atoms with van der Waals surface area (Å²) in [4.78, 5) is 19.2. The van der Waals surface area contributed by atoms with Gasteiger partial charge in [0.05, 0.1) is 24.8 Å². The van der Waals surface area contributed by atoms with Gasteiger partial charge in [-0.25, -0.2) is 4.98 Å². The zero-order valence-electron chi connectivity index (χ0n) is 13.5. The number of halogens is 1. The molecule has 0 aliphatic carbocycles. The van der Waals surface area contributed by atoms with Crippen molar-refractivity contribution in [3.05, 3.63) is 58.7 Å². The maximum absolute atomic E-state index is 12.7. The summed E-state index contributed by atoms with van der Waals surface area (Å²) in [5, 5.41) is 3.68. The molecule has 24 heavy (non-hydrogen) atoms. The number of nitrogens with one attached hydrogen (secondary N) is 1. The van der Waals surface area contributed by atoms with Gasteiger partial charge < -0.3 is 15.0 Å². The van der Waals surface area contributed by atoms with Crippen molar-refractivity contribution in [3.63, 3.8) is 0 Å². The molecule has 0 spiro atoms. The Morgan fingerprint density at radius 2 is 2.08 bits per heavy atom. The minimum absolute atomic E-state index is 0.142. The number of morpholine rings is 1. The van der Waals surface area contributed by atoms with Gasteiger partial charge in [0.1, 0.15) is 5.82 Å². The molecule has 2 aromatic rings. The molecular formula is C18H20ClN3O2. The van der Waals surface area contributed by atoms with Crippen molar-refractivity contribution in [2.75, 3.05) is 31.2 Å². The minimum Gasteiger partial charge on any atom is -0.378 e. The van der Waals surface area contributed by atoms with Gasteiger partial charge in [-0.3, -0.25) is 4.79 Å². The first-order valence-corrected chi connectivity index (χ1v) is 8.37. The molecule has 5 nitrogen and oxygen atoms in total. The van der Waals surface area contributed by atoms with Crippen LogP contribution in [0.5, 0.6) is 0 Å². The summed E-state index contributed by atoms with van der Waals surface area (Å²) < 4.78 is 5.37. The number of anilines is 1. The quantitative estimate of drug-likeness (QED) is 0.925. The van der Waals surface area contributed by atoms with Crippen molar-refractivity contribution in [3.8, 4) is 0 Å². The number of amides is 1. The fourth-order valence-electron chi connectivity index (χ4n) is 2.74. The zero-order chi connectivity index (χ0) is 16.9. The SMILES string of the molecule is CC(NC(=O)c1cccnc1N1CCOCC1)c1cccc(Cl)c1. The molecule has 6 heteroatoms. The van der Waals surface area contributed by atoms with E-state index in [0.717, 1.165) is 18.7 Å². The lowest BCUT2D eigenvalue weighted by Crippen LogP contribution is -2.38. The van der Waals surface area contributed by atoms with Gasteiger partial charge in [-0.1, -0.05) is 23.7 Å². The smallest absolute Gasteiger partial charge is 0.255 e. The first-order chi connectivity index (χ1) is 11.6. The topological polar surface area (TPSA) is 54.5 Å². The molecule has 1 unspecified atom stereocenters. The number of carbonyl (C=O) groups excluding carboxylic acids is 1. The normalized spacial score (nSPS) is 15.8. The second kappa shape index (κ2) is 7.64. The molecule has 1 aromatic heterocycles. The summed E-state index contributed by atoms with van der Waals surface area (Å²) in [7, 11) is 0. The number of benzene rings is 1. The minimum atomic E-state index is -0.144. The first kappa shape index (κ1) is 16.7. The van der Waals surface area contributed by atoms with Crippen LogP contribution in [-0.2, 0) is 4.74 Å². The number of hydrogen-bond donors (Lipinski definition) is 1. The van der Waals surface area contributed by atoms with Gasteiger partial charge in [0, 0.05) is 24.3 Å². The largest absolute Gasteiger partial charge is 0.378 e. The number of aromatic nitrogens is 1. The highest BCUT2D eigenvalue weighted by Gasteiger charge is 2.21. The molecule has 1 saturated heterocycles. The molecule has 0 radical (unpaired) electrons. The van der Waals surface area contributed by atoms with Crippen LogP contribution in [0.15, 0.2) is 42.6 Å². The number of ether oxygens (including phenoxy) is 1. The average Bonchev–Trinajstić information content (AvgIpc) is 2.62.